The summed E-state index contributed by atoms with van der Waals surface area (Å²) in [5.41, 5.74) is 5.69. The molecule has 0 aromatic heterocycles. The first-order valence-electron chi connectivity index (χ1n) is 8.12. The SMILES string of the molecule is CO[C@H]1[C@H](C(C)(C)OCC=C(C)C)C2(CC[C@H]1OC(N)=O)CO2. The maximum absolute atomic E-state index is 11.2. The van der Waals surface area contributed by atoms with Crippen LogP contribution in [0.2, 0.25) is 0 Å². The van der Waals surface area contributed by atoms with Gasteiger partial charge >= 0.3 is 6.09 Å². The number of amides is 1. The number of rotatable bonds is 6. The van der Waals surface area contributed by atoms with Crippen molar-refractivity contribution in [1.82, 2.24) is 0 Å². The molecule has 1 saturated carbocycles. The van der Waals surface area contributed by atoms with Crippen molar-refractivity contribution in [2.24, 2.45) is 11.7 Å². The highest BCUT2D eigenvalue weighted by molar-refractivity contribution is 5.64. The Labute approximate surface area is 138 Å². The van der Waals surface area contributed by atoms with Gasteiger partial charge in [0.25, 0.3) is 0 Å². The Balaban J connectivity index is 2.19. The molecule has 1 unspecified atom stereocenters. The number of hydrogen-bond acceptors (Lipinski definition) is 5. The lowest BCUT2D eigenvalue weighted by atomic mass is 9.68. The van der Waals surface area contributed by atoms with E-state index in [1.54, 1.807) is 7.11 Å². The first kappa shape index (κ1) is 18.2. The first-order valence-corrected chi connectivity index (χ1v) is 8.12. The van der Waals surface area contributed by atoms with Crippen molar-refractivity contribution < 1.29 is 23.7 Å². The smallest absolute Gasteiger partial charge is 0.404 e. The molecule has 1 heterocycles. The second-order valence-electron chi connectivity index (χ2n) is 7.24. The zero-order valence-electron chi connectivity index (χ0n) is 14.8. The molecule has 0 aromatic rings. The Morgan fingerprint density at radius 2 is 2.09 bits per heavy atom. The minimum absolute atomic E-state index is 0.0383. The highest BCUT2D eigenvalue weighted by Crippen LogP contribution is 2.52. The summed E-state index contributed by atoms with van der Waals surface area (Å²) in [6, 6.07) is 0. The number of primary amides is 1. The molecule has 0 aromatic carbocycles. The Morgan fingerprint density at radius 3 is 2.57 bits per heavy atom. The number of ether oxygens (including phenoxy) is 4. The third-order valence-corrected chi connectivity index (χ3v) is 4.86. The van der Waals surface area contributed by atoms with Crippen LogP contribution in [0.1, 0.15) is 40.5 Å². The molecule has 4 atom stereocenters. The van der Waals surface area contributed by atoms with Crippen molar-refractivity contribution in [3.63, 3.8) is 0 Å². The first-order chi connectivity index (χ1) is 10.7. The summed E-state index contributed by atoms with van der Waals surface area (Å²) in [5.74, 6) is -0.0383. The topological polar surface area (TPSA) is 83.3 Å². The minimum atomic E-state index is -0.772. The number of carbonyl (C=O) groups excluding carboxylic acids is 1. The normalized spacial score (nSPS) is 33.3. The van der Waals surface area contributed by atoms with E-state index in [0.717, 1.165) is 6.42 Å². The second kappa shape index (κ2) is 6.79. The molecule has 1 spiro atoms. The third-order valence-electron chi connectivity index (χ3n) is 4.86. The van der Waals surface area contributed by atoms with Crippen molar-refractivity contribution in [3.8, 4) is 0 Å². The van der Waals surface area contributed by atoms with Gasteiger partial charge in [-0.25, -0.2) is 4.79 Å². The lowest BCUT2D eigenvalue weighted by molar-refractivity contribution is -0.171. The zero-order chi connectivity index (χ0) is 17.3. The minimum Gasteiger partial charge on any atom is -0.444 e. The van der Waals surface area contributed by atoms with Crippen LogP contribution in [-0.4, -0.2) is 49.8 Å². The molecule has 2 rings (SSSR count). The van der Waals surface area contributed by atoms with Crippen LogP contribution in [0.25, 0.3) is 0 Å². The Morgan fingerprint density at radius 1 is 1.43 bits per heavy atom. The molecule has 132 valence electrons. The lowest BCUT2D eigenvalue weighted by Gasteiger charge is -2.47. The standard InChI is InChI=1S/C17H29NO5/c1-11(2)7-9-21-16(3,4)14-13(20-5)12(23-15(18)19)6-8-17(14)10-22-17/h7,12-14H,6,8-10H2,1-5H3,(H2,18,19)/t12-,13-,14-,17?/m1/s1. The Kier molecular flexibility index (Phi) is 5.38. The lowest BCUT2D eigenvalue weighted by Crippen LogP contribution is -2.58. The van der Waals surface area contributed by atoms with Crippen LogP contribution in [0.5, 0.6) is 0 Å². The molecule has 1 saturated heterocycles. The van der Waals surface area contributed by atoms with E-state index in [4.69, 9.17) is 24.7 Å². The molecule has 1 aliphatic heterocycles. The summed E-state index contributed by atoms with van der Waals surface area (Å²) in [5, 5.41) is 0. The zero-order valence-corrected chi connectivity index (χ0v) is 14.8. The van der Waals surface area contributed by atoms with E-state index in [1.807, 2.05) is 33.8 Å². The molecule has 0 radical (unpaired) electrons. The maximum atomic E-state index is 11.2. The molecule has 0 bridgehead atoms. The van der Waals surface area contributed by atoms with Crippen LogP contribution in [0.3, 0.4) is 0 Å². The molecule has 2 fully saturated rings. The van der Waals surface area contributed by atoms with Gasteiger partial charge in [0.15, 0.2) is 0 Å². The van der Waals surface area contributed by atoms with Crippen LogP contribution in [0.15, 0.2) is 11.6 Å². The van der Waals surface area contributed by atoms with E-state index in [2.05, 4.69) is 0 Å². The van der Waals surface area contributed by atoms with Crippen molar-refractivity contribution >= 4 is 6.09 Å². The molecular formula is C17H29NO5. The molecule has 1 amide bonds. The van der Waals surface area contributed by atoms with Gasteiger partial charge < -0.3 is 24.7 Å². The fourth-order valence-electron chi connectivity index (χ4n) is 3.74. The largest absolute Gasteiger partial charge is 0.444 e. The molecule has 1 aliphatic carbocycles. The van der Waals surface area contributed by atoms with Crippen LogP contribution < -0.4 is 5.73 Å². The van der Waals surface area contributed by atoms with Crippen molar-refractivity contribution in [2.75, 3.05) is 20.3 Å². The van der Waals surface area contributed by atoms with E-state index < -0.39 is 11.7 Å². The Bertz CT molecular complexity index is 466. The van der Waals surface area contributed by atoms with Crippen molar-refractivity contribution in [3.05, 3.63) is 11.6 Å². The molecule has 2 aliphatic rings. The predicted molar refractivity (Wildman–Crippen MR) is 86.1 cm³/mol. The van der Waals surface area contributed by atoms with E-state index in [-0.39, 0.29) is 23.7 Å². The highest BCUT2D eigenvalue weighted by Gasteiger charge is 2.64. The van der Waals surface area contributed by atoms with Gasteiger partial charge in [0, 0.05) is 13.0 Å². The molecule has 23 heavy (non-hydrogen) atoms. The van der Waals surface area contributed by atoms with E-state index in [9.17, 15) is 4.79 Å². The van der Waals surface area contributed by atoms with E-state index >= 15 is 0 Å². The number of carbonyl (C=O) groups is 1. The average molecular weight is 327 g/mol. The highest BCUT2D eigenvalue weighted by atomic mass is 16.6. The van der Waals surface area contributed by atoms with Crippen LogP contribution in [-0.2, 0) is 18.9 Å². The summed E-state index contributed by atoms with van der Waals surface area (Å²) in [6.07, 6.45) is 2.09. The van der Waals surface area contributed by atoms with E-state index in [0.29, 0.717) is 19.6 Å². The summed E-state index contributed by atoms with van der Waals surface area (Å²) >= 11 is 0. The van der Waals surface area contributed by atoms with Gasteiger partial charge in [0.2, 0.25) is 0 Å². The van der Waals surface area contributed by atoms with E-state index in [1.165, 1.54) is 5.57 Å². The van der Waals surface area contributed by atoms with Crippen LogP contribution >= 0.6 is 0 Å². The van der Waals surface area contributed by atoms with Gasteiger partial charge in [0.1, 0.15) is 12.2 Å². The van der Waals surface area contributed by atoms with Gasteiger partial charge in [-0.15, -0.1) is 0 Å². The molecular weight excluding hydrogens is 298 g/mol. The van der Waals surface area contributed by atoms with Gasteiger partial charge in [-0.3, -0.25) is 0 Å². The third kappa shape index (κ3) is 4.05. The Hall–Kier alpha value is -1.11. The molecule has 6 heteroatoms. The number of hydrogen-bond donors (Lipinski definition) is 1. The van der Waals surface area contributed by atoms with Crippen molar-refractivity contribution in [2.45, 2.75) is 63.9 Å². The molecule has 6 nitrogen and oxygen atoms in total. The predicted octanol–water partition coefficient (Wildman–Crippen LogP) is 2.41. The van der Waals surface area contributed by atoms with Gasteiger partial charge in [0.05, 0.1) is 24.4 Å². The fraction of sp³-hybridized carbons (Fsp3) is 0.824. The quantitative estimate of drug-likeness (QED) is 0.598. The summed E-state index contributed by atoms with van der Waals surface area (Å²) in [4.78, 5) is 11.2. The summed E-state index contributed by atoms with van der Waals surface area (Å²) in [6.45, 7) is 9.38. The maximum Gasteiger partial charge on any atom is 0.404 e. The fourth-order valence-corrected chi connectivity index (χ4v) is 3.74. The summed E-state index contributed by atoms with van der Waals surface area (Å²) in [7, 11) is 1.63. The van der Waals surface area contributed by atoms with Crippen LogP contribution in [0, 0.1) is 5.92 Å². The average Bonchev–Trinajstić information content (AvgIpc) is 3.19. The van der Waals surface area contributed by atoms with Gasteiger partial charge in [-0.05, 0) is 40.5 Å². The number of epoxide rings is 1. The van der Waals surface area contributed by atoms with Crippen molar-refractivity contribution in [1.29, 1.82) is 0 Å². The monoisotopic (exact) mass is 327 g/mol. The van der Waals surface area contributed by atoms with Crippen LogP contribution in [0.4, 0.5) is 4.79 Å². The molecule has 2 N–H and O–H groups in total. The number of nitrogens with two attached hydrogens (primary N) is 1. The second-order valence-corrected chi connectivity index (χ2v) is 7.24. The summed E-state index contributed by atoms with van der Waals surface area (Å²) < 4.78 is 22.9. The number of allylic oxidation sites excluding steroid dienone is 1. The van der Waals surface area contributed by atoms with Gasteiger partial charge in [-0.1, -0.05) is 11.6 Å². The van der Waals surface area contributed by atoms with Gasteiger partial charge in [-0.2, -0.15) is 0 Å². The number of methoxy groups -OCH3 is 1.